The van der Waals surface area contributed by atoms with Crippen LogP contribution < -0.4 is 5.32 Å². The van der Waals surface area contributed by atoms with Crippen LogP contribution in [-0.4, -0.2) is 28.4 Å². The van der Waals surface area contributed by atoms with Crippen LogP contribution >= 0.6 is 35.1 Å². The van der Waals surface area contributed by atoms with Crippen molar-refractivity contribution in [3.05, 3.63) is 41.2 Å². The largest absolute Gasteiger partial charge is 0.321 e. The topological polar surface area (TPSA) is 54.9 Å². The van der Waals surface area contributed by atoms with E-state index in [2.05, 4.69) is 15.3 Å². The third-order valence-corrected chi connectivity index (χ3v) is 4.05. The second-order valence-corrected chi connectivity index (χ2v) is 5.80. The van der Waals surface area contributed by atoms with Crippen molar-refractivity contribution >= 4 is 46.7 Å². The number of halogens is 1. The molecular formula is C13H12ClN3OS2. The molecule has 0 aliphatic rings. The summed E-state index contributed by atoms with van der Waals surface area (Å²) in [5, 5.41) is 3.52. The van der Waals surface area contributed by atoms with E-state index in [-0.39, 0.29) is 16.6 Å². The van der Waals surface area contributed by atoms with Gasteiger partial charge in [0.05, 0.1) is 11.2 Å². The molecule has 1 heterocycles. The van der Waals surface area contributed by atoms with Crippen molar-refractivity contribution in [1.82, 2.24) is 9.97 Å². The first-order valence-electron chi connectivity index (χ1n) is 5.66. The van der Waals surface area contributed by atoms with Crippen LogP contribution in [0.5, 0.6) is 0 Å². The lowest BCUT2D eigenvalue weighted by Gasteiger charge is -2.07. The van der Waals surface area contributed by atoms with E-state index in [4.69, 9.17) is 11.6 Å². The van der Waals surface area contributed by atoms with Crippen molar-refractivity contribution in [1.29, 1.82) is 0 Å². The van der Waals surface area contributed by atoms with Gasteiger partial charge in [-0.3, -0.25) is 4.79 Å². The molecule has 104 valence electrons. The maximum Gasteiger partial charge on any atom is 0.275 e. The van der Waals surface area contributed by atoms with Crippen LogP contribution in [0.1, 0.15) is 10.5 Å². The Kier molecular flexibility index (Phi) is 5.28. The number of nitrogens with zero attached hydrogens (tertiary/aromatic N) is 2. The third kappa shape index (κ3) is 3.65. The molecule has 4 nitrogen and oxygen atoms in total. The van der Waals surface area contributed by atoms with Crippen molar-refractivity contribution in [2.45, 2.75) is 10.1 Å². The summed E-state index contributed by atoms with van der Waals surface area (Å²) in [5.41, 5.74) is 0.883. The van der Waals surface area contributed by atoms with Gasteiger partial charge in [0.2, 0.25) is 0 Å². The molecule has 0 fully saturated rings. The molecule has 0 saturated heterocycles. The number of hydrogen-bond acceptors (Lipinski definition) is 5. The lowest BCUT2D eigenvalue weighted by molar-refractivity contribution is 0.102. The van der Waals surface area contributed by atoms with Gasteiger partial charge >= 0.3 is 0 Å². The number of nitrogens with one attached hydrogen (secondary N) is 1. The minimum absolute atomic E-state index is 0.181. The molecule has 1 amide bonds. The van der Waals surface area contributed by atoms with E-state index in [0.29, 0.717) is 10.8 Å². The molecule has 0 atom stereocenters. The number of carbonyl (C=O) groups is 1. The van der Waals surface area contributed by atoms with Crippen molar-refractivity contribution in [3.8, 4) is 0 Å². The molecule has 1 aromatic carbocycles. The second kappa shape index (κ2) is 6.97. The zero-order chi connectivity index (χ0) is 14.5. The first-order chi connectivity index (χ1) is 9.63. The third-order valence-electron chi connectivity index (χ3n) is 2.47. The first kappa shape index (κ1) is 15.2. The average Bonchev–Trinajstić information content (AvgIpc) is 2.48. The number of amides is 1. The minimum atomic E-state index is -0.343. The summed E-state index contributed by atoms with van der Waals surface area (Å²) in [4.78, 5) is 21.4. The minimum Gasteiger partial charge on any atom is -0.321 e. The fourth-order valence-electron chi connectivity index (χ4n) is 1.47. The number of carbonyl (C=O) groups excluding carboxylic acids is 1. The van der Waals surface area contributed by atoms with Crippen LogP contribution in [0, 0.1) is 0 Å². The molecule has 0 saturated carbocycles. The summed E-state index contributed by atoms with van der Waals surface area (Å²) in [7, 11) is 0. The van der Waals surface area contributed by atoms with E-state index >= 15 is 0 Å². The first-order valence-corrected chi connectivity index (χ1v) is 8.48. The molecule has 0 bridgehead atoms. The van der Waals surface area contributed by atoms with E-state index in [9.17, 15) is 4.79 Å². The van der Waals surface area contributed by atoms with E-state index in [1.54, 1.807) is 11.8 Å². The highest BCUT2D eigenvalue weighted by Gasteiger charge is 2.14. The highest BCUT2D eigenvalue weighted by atomic mass is 35.5. The summed E-state index contributed by atoms with van der Waals surface area (Å²) in [6.45, 7) is 0. The van der Waals surface area contributed by atoms with Gasteiger partial charge in [-0.1, -0.05) is 23.4 Å². The summed E-state index contributed by atoms with van der Waals surface area (Å²) >= 11 is 8.96. The standard InChI is InChI=1S/C13H12ClN3OS2/c1-19-9-5-3-8(4-6-9)16-12(18)11-10(14)7-15-13(17-11)20-2/h3-7H,1-2H3,(H,16,18). The van der Waals surface area contributed by atoms with Crippen molar-refractivity contribution in [3.63, 3.8) is 0 Å². The number of benzene rings is 1. The van der Waals surface area contributed by atoms with E-state index < -0.39 is 0 Å². The Balaban J connectivity index is 2.18. The Hall–Kier alpha value is -1.24. The number of thioether (sulfide) groups is 2. The zero-order valence-electron chi connectivity index (χ0n) is 10.9. The second-order valence-electron chi connectivity index (χ2n) is 3.74. The van der Waals surface area contributed by atoms with Gasteiger partial charge < -0.3 is 5.32 Å². The molecule has 7 heteroatoms. The monoisotopic (exact) mass is 325 g/mol. The number of anilines is 1. The maximum absolute atomic E-state index is 12.2. The molecule has 1 N–H and O–H groups in total. The van der Waals surface area contributed by atoms with Crippen LogP contribution in [0.4, 0.5) is 5.69 Å². The van der Waals surface area contributed by atoms with Crippen LogP contribution in [0.3, 0.4) is 0 Å². The van der Waals surface area contributed by atoms with Gasteiger partial charge in [-0.25, -0.2) is 9.97 Å². The van der Waals surface area contributed by atoms with Crippen LogP contribution in [-0.2, 0) is 0 Å². The van der Waals surface area contributed by atoms with Gasteiger partial charge in [-0.2, -0.15) is 0 Å². The number of hydrogen-bond donors (Lipinski definition) is 1. The summed E-state index contributed by atoms with van der Waals surface area (Å²) in [6, 6.07) is 7.56. The van der Waals surface area contributed by atoms with Crippen LogP contribution in [0.25, 0.3) is 0 Å². The smallest absolute Gasteiger partial charge is 0.275 e. The SMILES string of the molecule is CSc1ccc(NC(=O)c2nc(SC)ncc2Cl)cc1. The summed E-state index contributed by atoms with van der Waals surface area (Å²) < 4.78 is 0. The van der Waals surface area contributed by atoms with Gasteiger partial charge in [0.15, 0.2) is 10.9 Å². The van der Waals surface area contributed by atoms with Gasteiger partial charge in [-0.15, -0.1) is 11.8 Å². The lowest BCUT2D eigenvalue weighted by Crippen LogP contribution is -2.15. The lowest BCUT2D eigenvalue weighted by atomic mass is 10.3. The Bertz CT molecular complexity index is 620. The highest BCUT2D eigenvalue weighted by molar-refractivity contribution is 7.98. The predicted octanol–water partition coefficient (Wildman–Crippen LogP) is 3.83. The maximum atomic E-state index is 12.2. The van der Waals surface area contributed by atoms with Gasteiger partial charge in [0.1, 0.15) is 0 Å². The summed E-state index contributed by atoms with van der Waals surface area (Å²) in [5.74, 6) is -0.343. The summed E-state index contributed by atoms with van der Waals surface area (Å²) in [6.07, 6.45) is 5.27. The van der Waals surface area contributed by atoms with Gasteiger partial charge in [0, 0.05) is 10.6 Å². The normalized spacial score (nSPS) is 10.3. The number of aromatic nitrogens is 2. The zero-order valence-corrected chi connectivity index (χ0v) is 13.3. The molecule has 0 unspecified atom stereocenters. The Morgan fingerprint density at radius 3 is 2.50 bits per heavy atom. The fourth-order valence-corrected chi connectivity index (χ4v) is 2.40. The molecule has 0 spiro atoms. The van der Waals surface area contributed by atoms with E-state index in [0.717, 1.165) is 4.90 Å². The molecule has 2 aromatic rings. The van der Waals surface area contributed by atoms with Crippen molar-refractivity contribution < 1.29 is 4.79 Å². The molecular weight excluding hydrogens is 314 g/mol. The molecule has 0 aliphatic carbocycles. The Morgan fingerprint density at radius 1 is 1.20 bits per heavy atom. The molecule has 0 radical (unpaired) electrons. The van der Waals surface area contributed by atoms with Crippen LogP contribution in [0.2, 0.25) is 5.02 Å². The molecule has 2 rings (SSSR count). The average molecular weight is 326 g/mol. The van der Waals surface area contributed by atoms with Crippen molar-refractivity contribution in [2.75, 3.05) is 17.8 Å². The molecule has 20 heavy (non-hydrogen) atoms. The van der Waals surface area contributed by atoms with E-state index in [1.165, 1.54) is 18.0 Å². The molecule has 0 aliphatic heterocycles. The number of rotatable bonds is 4. The van der Waals surface area contributed by atoms with Crippen LogP contribution in [0.15, 0.2) is 40.5 Å². The van der Waals surface area contributed by atoms with Gasteiger partial charge in [-0.05, 0) is 36.8 Å². The predicted molar refractivity (Wildman–Crippen MR) is 85.0 cm³/mol. The van der Waals surface area contributed by atoms with Crippen molar-refractivity contribution in [2.24, 2.45) is 0 Å². The molecule has 1 aromatic heterocycles. The Morgan fingerprint density at radius 2 is 1.90 bits per heavy atom. The van der Waals surface area contributed by atoms with Gasteiger partial charge in [0.25, 0.3) is 5.91 Å². The quantitative estimate of drug-likeness (QED) is 0.684. The fraction of sp³-hybridized carbons (Fsp3) is 0.154. The van der Waals surface area contributed by atoms with E-state index in [1.807, 2.05) is 36.8 Å². The highest BCUT2D eigenvalue weighted by Crippen LogP contribution is 2.20. The Labute approximate surface area is 130 Å².